The minimum Gasteiger partial charge on any atom is -0.421 e. The van der Waals surface area contributed by atoms with E-state index < -0.39 is 23.1 Å². The van der Waals surface area contributed by atoms with Crippen molar-refractivity contribution in [3.05, 3.63) is 50.4 Å². The Morgan fingerprint density at radius 2 is 1.76 bits per heavy atom. The van der Waals surface area contributed by atoms with E-state index in [1.165, 1.54) is 13.0 Å². The average Bonchev–Trinajstić information content (AvgIpc) is 2.43. The fourth-order valence-corrected chi connectivity index (χ4v) is 2.78. The molecule has 0 unspecified atom stereocenters. The highest BCUT2D eigenvalue weighted by atomic mass is 16.7. The Morgan fingerprint density at radius 1 is 1.16 bits per heavy atom. The van der Waals surface area contributed by atoms with E-state index in [9.17, 15) is 14.9 Å². The van der Waals surface area contributed by atoms with Gasteiger partial charge in [0.1, 0.15) is 4.92 Å². The van der Waals surface area contributed by atoms with Gasteiger partial charge in [-0.2, -0.15) is 0 Å². The van der Waals surface area contributed by atoms with E-state index in [2.05, 4.69) is 26.8 Å². The number of rotatable bonds is 2. The summed E-state index contributed by atoms with van der Waals surface area (Å²) in [6.45, 7) is 13.7. The second-order valence-corrected chi connectivity index (χ2v) is 8.33. The third-order valence-corrected chi connectivity index (χ3v) is 4.08. The summed E-state index contributed by atoms with van der Waals surface area (Å²) in [5, 5.41) is 11.2. The number of nitro groups is 1. The summed E-state index contributed by atoms with van der Waals surface area (Å²) < 4.78 is 10.6. The monoisotopic (exact) mass is 347 g/mol. The van der Waals surface area contributed by atoms with Gasteiger partial charge in [0, 0.05) is 12.5 Å². The van der Waals surface area contributed by atoms with Crippen molar-refractivity contribution in [2.45, 2.75) is 65.6 Å². The van der Waals surface area contributed by atoms with Crippen molar-refractivity contribution >= 4 is 12.0 Å². The van der Waals surface area contributed by atoms with Gasteiger partial charge in [0.2, 0.25) is 0 Å². The van der Waals surface area contributed by atoms with Crippen LogP contribution in [0.1, 0.15) is 77.0 Å². The lowest BCUT2D eigenvalue weighted by molar-refractivity contribution is -0.472. The lowest BCUT2D eigenvalue weighted by Crippen LogP contribution is -2.26. The summed E-state index contributed by atoms with van der Waals surface area (Å²) >= 11 is 0. The molecule has 136 valence electrons. The van der Waals surface area contributed by atoms with Crippen molar-refractivity contribution < 1.29 is 19.2 Å². The summed E-state index contributed by atoms with van der Waals surface area (Å²) in [7, 11) is 0. The molecular formula is C19H25NO5. The maximum atomic E-state index is 11.5. The van der Waals surface area contributed by atoms with Crippen LogP contribution in [0.3, 0.4) is 0 Å². The molecule has 1 aromatic carbocycles. The van der Waals surface area contributed by atoms with E-state index in [0.717, 1.165) is 11.1 Å². The molecule has 6 nitrogen and oxygen atoms in total. The van der Waals surface area contributed by atoms with Crippen LogP contribution in [0.5, 0.6) is 0 Å². The van der Waals surface area contributed by atoms with Crippen LogP contribution in [0, 0.1) is 10.1 Å². The van der Waals surface area contributed by atoms with Crippen LogP contribution >= 0.6 is 0 Å². The van der Waals surface area contributed by atoms with Gasteiger partial charge >= 0.3 is 11.9 Å². The first kappa shape index (κ1) is 19.0. The van der Waals surface area contributed by atoms with Crippen molar-refractivity contribution in [2.24, 2.45) is 0 Å². The van der Waals surface area contributed by atoms with E-state index in [1.807, 2.05) is 26.8 Å². The summed E-state index contributed by atoms with van der Waals surface area (Å²) in [5.41, 5.74) is 2.93. The minimum atomic E-state index is -1.12. The number of benzene rings is 1. The van der Waals surface area contributed by atoms with Crippen LogP contribution in [0.2, 0.25) is 0 Å². The summed E-state index contributed by atoms with van der Waals surface area (Å²) in [5.74, 6) is -0.982. The Morgan fingerprint density at radius 3 is 2.20 bits per heavy atom. The molecule has 0 fully saturated rings. The first-order valence-corrected chi connectivity index (χ1v) is 8.19. The molecular weight excluding hydrogens is 322 g/mol. The van der Waals surface area contributed by atoms with E-state index in [1.54, 1.807) is 0 Å². The lowest BCUT2D eigenvalue weighted by atomic mass is 9.76. The molecule has 0 saturated carbocycles. The van der Waals surface area contributed by atoms with Crippen LogP contribution < -0.4 is 0 Å². The van der Waals surface area contributed by atoms with Gasteiger partial charge < -0.3 is 9.47 Å². The Bertz CT molecular complexity index is 750. The Balaban J connectivity index is 2.80. The van der Waals surface area contributed by atoms with E-state index in [4.69, 9.17) is 9.47 Å². The first-order chi connectivity index (χ1) is 11.3. The second-order valence-electron chi connectivity index (χ2n) is 8.33. The van der Waals surface area contributed by atoms with Gasteiger partial charge in [-0.05, 0) is 27.5 Å². The third kappa shape index (κ3) is 4.00. The molecule has 1 aromatic rings. The minimum absolute atomic E-state index is 0.132. The number of carbonyl (C=O) groups is 1. The number of ether oxygens (including phenoxy) is 2. The maximum absolute atomic E-state index is 11.5. The number of nitrogens with zero attached hydrogens (tertiary/aromatic N) is 1. The topological polar surface area (TPSA) is 78.7 Å². The summed E-state index contributed by atoms with van der Waals surface area (Å²) in [4.78, 5) is 22.1. The molecule has 1 aliphatic heterocycles. The summed E-state index contributed by atoms with van der Waals surface area (Å²) in [6, 6.07) is 3.98. The van der Waals surface area contributed by atoms with Gasteiger partial charge in [-0.15, -0.1) is 0 Å². The van der Waals surface area contributed by atoms with E-state index >= 15 is 0 Å². The Hall–Kier alpha value is -2.37. The molecule has 0 radical (unpaired) electrons. The molecule has 0 N–H and O–H groups in total. The molecule has 0 aromatic heterocycles. The zero-order valence-electron chi connectivity index (χ0n) is 15.8. The molecule has 0 bridgehead atoms. The molecule has 0 saturated heterocycles. The number of hydrogen-bond acceptors (Lipinski definition) is 5. The molecule has 1 aliphatic rings. The standard InChI is InChI=1S/C19H25NO5/c1-11(21)24-17-16-12(9-15(25-17)20(22)23)8-13(18(2,3)4)10-14(16)19(5,6)7/h8-10,17H,1-7H3/t17-/m0/s1. The largest absolute Gasteiger partial charge is 0.431 e. The predicted octanol–water partition coefficient (Wildman–Crippen LogP) is 4.45. The number of fused-ring (bicyclic) bond motifs is 1. The van der Waals surface area contributed by atoms with Gasteiger partial charge in [0.15, 0.2) is 0 Å². The SMILES string of the molecule is CC(=O)O[C@H]1OC([N+](=O)[O-])=Cc2cc(C(C)(C)C)cc(C(C)(C)C)c21. The number of hydrogen-bond donors (Lipinski definition) is 0. The highest BCUT2D eigenvalue weighted by molar-refractivity contribution is 5.68. The smallest absolute Gasteiger partial charge is 0.421 e. The van der Waals surface area contributed by atoms with Crippen molar-refractivity contribution in [2.75, 3.05) is 0 Å². The highest BCUT2D eigenvalue weighted by Crippen LogP contribution is 2.42. The summed E-state index contributed by atoms with van der Waals surface area (Å²) in [6.07, 6.45) is 0.279. The van der Waals surface area contributed by atoms with Gasteiger partial charge in [-0.3, -0.25) is 14.9 Å². The van der Waals surface area contributed by atoms with E-state index in [0.29, 0.717) is 11.1 Å². The lowest BCUT2D eigenvalue weighted by Gasteiger charge is -2.32. The molecule has 2 rings (SSSR count). The molecule has 1 heterocycles. The maximum Gasteiger partial charge on any atom is 0.431 e. The second kappa shape index (κ2) is 6.17. The van der Waals surface area contributed by atoms with Gasteiger partial charge in [0.05, 0.1) is 6.08 Å². The molecule has 0 amide bonds. The zero-order valence-corrected chi connectivity index (χ0v) is 15.8. The van der Waals surface area contributed by atoms with Crippen LogP contribution in [-0.2, 0) is 25.1 Å². The highest BCUT2D eigenvalue weighted by Gasteiger charge is 2.36. The molecule has 0 spiro atoms. The molecule has 6 heteroatoms. The average molecular weight is 347 g/mol. The predicted molar refractivity (Wildman–Crippen MR) is 94.4 cm³/mol. The van der Waals surface area contributed by atoms with Gasteiger partial charge in [-0.1, -0.05) is 53.7 Å². The Kier molecular flexibility index (Phi) is 4.68. The fraction of sp³-hybridized carbons (Fsp3) is 0.526. The normalized spacial score (nSPS) is 17.2. The molecule has 25 heavy (non-hydrogen) atoms. The van der Waals surface area contributed by atoms with Crippen LogP contribution in [0.4, 0.5) is 0 Å². The van der Waals surface area contributed by atoms with Crippen molar-refractivity contribution in [3.8, 4) is 0 Å². The van der Waals surface area contributed by atoms with Crippen molar-refractivity contribution in [1.29, 1.82) is 0 Å². The van der Waals surface area contributed by atoms with Crippen molar-refractivity contribution in [3.63, 3.8) is 0 Å². The fourth-order valence-electron chi connectivity index (χ4n) is 2.78. The quantitative estimate of drug-likeness (QED) is 0.449. The van der Waals surface area contributed by atoms with Gasteiger partial charge in [0.25, 0.3) is 6.29 Å². The van der Waals surface area contributed by atoms with E-state index in [-0.39, 0.29) is 10.8 Å². The Labute approximate surface area is 148 Å². The van der Waals surface area contributed by atoms with Gasteiger partial charge in [-0.25, -0.2) is 0 Å². The van der Waals surface area contributed by atoms with Crippen LogP contribution in [-0.4, -0.2) is 10.9 Å². The number of esters is 1. The van der Waals surface area contributed by atoms with Crippen LogP contribution in [0.25, 0.3) is 6.08 Å². The molecule has 1 atom stereocenters. The first-order valence-electron chi connectivity index (χ1n) is 8.19. The number of carbonyl (C=O) groups excluding carboxylic acids is 1. The van der Waals surface area contributed by atoms with Crippen molar-refractivity contribution in [1.82, 2.24) is 0 Å². The third-order valence-electron chi connectivity index (χ3n) is 4.08. The van der Waals surface area contributed by atoms with Crippen LogP contribution in [0.15, 0.2) is 18.0 Å². The zero-order chi connectivity index (χ0) is 19.2. The molecule has 0 aliphatic carbocycles.